The molecule has 474 valence electrons. The molecule has 84 heavy (non-hydrogen) atoms. The van der Waals surface area contributed by atoms with Crippen molar-refractivity contribution in [3.8, 4) is 5.82 Å². The van der Waals surface area contributed by atoms with Crippen LogP contribution in [-0.2, 0) is 74.9 Å². The van der Waals surface area contributed by atoms with Gasteiger partial charge in [-0.1, -0.05) is 57.2 Å². The fourth-order valence-corrected chi connectivity index (χ4v) is 13.2. The molecule has 0 amide bonds. The normalized spacial score (nSPS) is 37.6. The van der Waals surface area contributed by atoms with Gasteiger partial charge >= 0.3 is 17.8 Å². The lowest BCUT2D eigenvalue weighted by molar-refractivity contribution is -0.389. The summed E-state index contributed by atoms with van der Waals surface area (Å²) in [6, 6.07) is -0.538. The number of carbonyl (C=O) groups excluding carboxylic acids is 2. The van der Waals surface area contributed by atoms with Crippen molar-refractivity contribution in [1.82, 2.24) is 34.8 Å². The lowest BCUT2D eigenvalue weighted by Gasteiger charge is -2.50. The Hall–Kier alpha value is -4.13. The van der Waals surface area contributed by atoms with Gasteiger partial charge in [-0.25, -0.2) is 0 Å². The van der Waals surface area contributed by atoms with Gasteiger partial charge in [-0.2, -0.15) is 4.68 Å². The maximum absolute atomic E-state index is 14.0. The molecule has 26 heteroatoms. The molecule has 0 spiro atoms. The number of likely N-dealkylation sites (N-methyl/N-ethyl adjacent to an activating group) is 2. The third-order valence-electron chi connectivity index (χ3n) is 17.6. The third kappa shape index (κ3) is 16.7. The van der Waals surface area contributed by atoms with Crippen molar-refractivity contribution in [2.45, 2.75) is 255 Å². The second kappa shape index (κ2) is 28.8. The van der Waals surface area contributed by atoms with Gasteiger partial charge in [0.05, 0.1) is 61.0 Å². The van der Waals surface area contributed by atoms with E-state index in [1.54, 1.807) is 34.2 Å². The SMILES string of the molecule is CN[C@H]1CC[C@H](O[C@H]2/C=C\C=C/C[C@@H](C)OC(=O)C[C@H]3OC(O[Si](C)(C)C(C)(C)C)C[C@@H](C[C@H]2C)[C@H](O[C@@H]2O[C@H](C)[C@@H](O[C@H]4C[C@@](C)(O)[C@@H](OC(=O)CCCc5cn(-c6c([N+](=O)[O-])ncn6C)nn5)[C@H](C)O4)[C@H](N(C)C)[C@H]2O)[C@H]3OC)O[C@@H]1C. The van der Waals surface area contributed by atoms with E-state index >= 15 is 0 Å². The first kappa shape index (κ1) is 67.4. The van der Waals surface area contributed by atoms with Gasteiger partial charge in [0.15, 0.2) is 33.3 Å². The Kier molecular flexibility index (Phi) is 23.1. The number of methoxy groups -OCH3 is 1. The molecule has 20 atom stereocenters. The monoisotopic (exact) mass is 1200 g/mol. The van der Waals surface area contributed by atoms with Crippen LogP contribution in [0.15, 0.2) is 36.8 Å². The number of esters is 2. The summed E-state index contributed by atoms with van der Waals surface area (Å²) in [5, 5.41) is 47.4. The number of aromatic nitrogens is 5. The van der Waals surface area contributed by atoms with E-state index in [-0.39, 0.29) is 59.9 Å². The lowest BCUT2D eigenvalue weighted by Crippen LogP contribution is -2.65. The average molecular weight is 1210 g/mol. The molecule has 5 aliphatic rings. The molecule has 7 heterocycles. The number of nitro groups is 1. The van der Waals surface area contributed by atoms with Gasteiger partial charge in [0.1, 0.15) is 36.3 Å². The Labute approximate surface area is 495 Å². The smallest absolute Gasteiger partial charge is 0.408 e. The highest BCUT2D eigenvalue weighted by atomic mass is 28.4. The molecular formula is C58H96N8O17Si. The topological polar surface area (TPSA) is 283 Å². The number of hydrogen-bond donors (Lipinski definition) is 3. The number of aryl methyl sites for hydroxylation is 2. The third-order valence-corrected chi connectivity index (χ3v) is 22.1. The van der Waals surface area contributed by atoms with Gasteiger partial charge in [-0.3, -0.25) is 14.2 Å². The van der Waals surface area contributed by atoms with Crippen molar-refractivity contribution in [2.75, 3.05) is 28.3 Å². The van der Waals surface area contributed by atoms with E-state index < -0.39 is 123 Å². The number of allylic oxidation sites excluding steroid dienone is 2. The van der Waals surface area contributed by atoms with Crippen LogP contribution in [-0.4, -0.2) is 203 Å². The van der Waals surface area contributed by atoms with Gasteiger partial charge < -0.3 is 82.3 Å². The summed E-state index contributed by atoms with van der Waals surface area (Å²) >= 11 is 0. The maximum Gasteiger partial charge on any atom is 0.408 e. The van der Waals surface area contributed by atoms with E-state index in [2.05, 4.69) is 74.4 Å². The Morgan fingerprint density at radius 2 is 1.70 bits per heavy atom. The first-order valence-corrected chi connectivity index (χ1v) is 32.7. The summed E-state index contributed by atoms with van der Waals surface area (Å²) in [5.41, 5.74) is -1.10. The molecule has 1 unspecified atom stereocenters. The van der Waals surface area contributed by atoms with Gasteiger partial charge in [-0.15, -0.1) is 5.10 Å². The van der Waals surface area contributed by atoms with Gasteiger partial charge in [-0.05, 0) is 128 Å². The van der Waals surface area contributed by atoms with Gasteiger partial charge in [0.2, 0.25) is 12.1 Å². The minimum absolute atomic E-state index is 0.0197. The lowest BCUT2D eigenvalue weighted by atomic mass is 9.82. The molecule has 0 aromatic carbocycles. The predicted molar refractivity (Wildman–Crippen MR) is 309 cm³/mol. The summed E-state index contributed by atoms with van der Waals surface area (Å²) in [6.07, 6.45) is 2.38. The number of rotatable bonds is 18. The van der Waals surface area contributed by atoms with Crippen LogP contribution in [0.4, 0.5) is 5.82 Å². The molecule has 3 N–H and O–H groups in total. The maximum atomic E-state index is 14.0. The number of hydrogen-bond acceptors (Lipinski definition) is 22. The molecule has 2 aromatic heterocycles. The molecular weight excluding hydrogens is 1110 g/mol. The van der Waals surface area contributed by atoms with Crippen molar-refractivity contribution in [1.29, 1.82) is 0 Å². The van der Waals surface area contributed by atoms with E-state index in [1.807, 2.05) is 58.1 Å². The predicted octanol–water partition coefficient (Wildman–Crippen LogP) is 5.97. The van der Waals surface area contributed by atoms with Crippen molar-refractivity contribution in [2.24, 2.45) is 18.9 Å². The molecule has 0 saturated carbocycles. The van der Waals surface area contributed by atoms with E-state index in [9.17, 15) is 29.9 Å². The Balaban J connectivity index is 1.09. The molecule has 2 aromatic rings. The number of carbonyl (C=O) groups is 2. The molecule has 2 bridgehead atoms. The summed E-state index contributed by atoms with van der Waals surface area (Å²) in [5.74, 6) is -1.78. The zero-order chi connectivity index (χ0) is 61.6. The van der Waals surface area contributed by atoms with Crippen molar-refractivity contribution in [3.63, 3.8) is 0 Å². The van der Waals surface area contributed by atoms with Crippen LogP contribution in [0.2, 0.25) is 18.1 Å². The standard InChI is InChI=1S/C58H96N8O17Si/c1-33-27-38-28-46(83-84(15,16)57(6,7)8)79-42(29-44(68)74-34(2)21-18-17-19-23-41(33)78-45-26-25-40(59-10)35(3)75-45)52(73-14)51(38)82-56-49(69)48(63(11)12)50(36(4)77-56)81-47-30-58(9,70)53(37(5)76-47)80-43(67)24-20-22-39-31-65(62-61-39)55-54(66(71)72)60-32-64(55)13/h17-19,23,31-38,40-42,45-53,56,59,69-70H,20-22,24-30H2,1-16H3/b18-17-,23-19-/t33-,34-,35-,36-,37+,38-,40+,41+,42-,45+,46?,47+,48-,49-,50-,51+,52+,53+,56+,58-/m1/s1. The van der Waals surface area contributed by atoms with Gasteiger partial charge in [0, 0.05) is 45.9 Å². The quantitative estimate of drug-likeness (QED) is 0.0671. The van der Waals surface area contributed by atoms with Crippen LogP contribution in [0.1, 0.15) is 126 Å². The first-order valence-electron chi connectivity index (χ1n) is 29.8. The molecule has 25 nitrogen and oxygen atoms in total. The Morgan fingerprint density at radius 1 is 0.976 bits per heavy atom. The first-order chi connectivity index (χ1) is 39.5. The van der Waals surface area contributed by atoms with Crippen LogP contribution in [0.3, 0.4) is 0 Å². The van der Waals surface area contributed by atoms with E-state index in [0.717, 1.165) is 6.42 Å². The fraction of sp³-hybridized carbons (Fsp3) is 0.810. The van der Waals surface area contributed by atoms with Gasteiger partial charge in [0.25, 0.3) is 0 Å². The fourth-order valence-electron chi connectivity index (χ4n) is 12.0. The second-order valence-corrected chi connectivity index (χ2v) is 30.4. The summed E-state index contributed by atoms with van der Waals surface area (Å²) in [4.78, 5) is 43.8. The number of imidazole rings is 1. The number of nitrogens with one attached hydrogen (secondary N) is 1. The van der Waals surface area contributed by atoms with Crippen molar-refractivity contribution in [3.05, 3.63) is 52.6 Å². The van der Waals surface area contributed by atoms with Crippen molar-refractivity contribution >= 4 is 26.1 Å². The number of cyclic esters (lactones) is 1. The Morgan fingerprint density at radius 3 is 2.36 bits per heavy atom. The highest BCUT2D eigenvalue weighted by Crippen LogP contribution is 2.44. The highest BCUT2D eigenvalue weighted by molar-refractivity contribution is 6.74. The van der Waals surface area contributed by atoms with Crippen LogP contribution >= 0.6 is 0 Å². The zero-order valence-corrected chi connectivity index (χ0v) is 53.2. The molecule has 4 saturated heterocycles. The van der Waals surface area contributed by atoms with Crippen LogP contribution in [0.25, 0.3) is 5.82 Å². The molecule has 7 rings (SSSR count). The zero-order valence-electron chi connectivity index (χ0n) is 52.2. The molecule has 4 fully saturated rings. The molecule has 0 aliphatic carbocycles. The minimum atomic E-state index is -2.51. The van der Waals surface area contributed by atoms with Crippen molar-refractivity contribution < 1.29 is 76.5 Å². The number of nitrogens with zero attached hydrogens (tertiary/aromatic N) is 7. The minimum Gasteiger partial charge on any atom is -0.462 e. The largest absolute Gasteiger partial charge is 0.462 e. The summed E-state index contributed by atoms with van der Waals surface area (Å²) in [6.45, 7) is 22.0. The average Bonchev–Trinajstić information content (AvgIpc) is 1.86. The summed E-state index contributed by atoms with van der Waals surface area (Å²) in [7, 11) is 6.26. The van der Waals surface area contributed by atoms with Crippen LogP contribution in [0, 0.1) is 22.0 Å². The van der Waals surface area contributed by atoms with E-state index in [4.69, 9.17) is 51.8 Å². The summed E-state index contributed by atoms with van der Waals surface area (Å²) < 4.78 is 75.4. The number of aliphatic hydroxyl groups is 2. The highest BCUT2D eigenvalue weighted by Gasteiger charge is 2.54. The molecule has 5 aliphatic heterocycles. The second-order valence-electron chi connectivity index (χ2n) is 25.7. The number of fused-ring (bicyclic) bond motifs is 3. The van der Waals surface area contributed by atoms with Crippen LogP contribution in [0.5, 0.6) is 0 Å². The van der Waals surface area contributed by atoms with Crippen LogP contribution < -0.4 is 5.32 Å². The van der Waals surface area contributed by atoms with E-state index in [0.29, 0.717) is 44.2 Å². The van der Waals surface area contributed by atoms with E-state index in [1.165, 1.54) is 15.6 Å². The Bertz CT molecular complexity index is 2540. The number of aliphatic hydroxyl groups excluding tert-OH is 1. The number of ether oxygens (including phenoxy) is 10. The molecule has 0 radical (unpaired) electrons.